The second-order valence-corrected chi connectivity index (χ2v) is 5.13. The van der Waals surface area contributed by atoms with Crippen LogP contribution in [0.1, 0.15) is 27.2 Å². The number of rotatable bonds is 4. The minimum atomic E-state index is 0.672. The van der Waals surface area contributed by atoms with Crippen LogP contribution < -0.4 is 5.32 Å². The molecule has 0 aromatic rings. The van der Waals surface area contributed by atoms with Gasteiger partial charge in [0.2, 0.25) is 0 Å². The highest BCUT2D eigenvalue weighted by atomic mass is 35.5. The molecule has 2 nitrogen and oxygen atoms in total. The molecule has 1 saturated heterocycles. The standard InChI is InChI=1S/C12H23ClN2/c1-10(2)6-12-8-14-4-5-15(12)9-11(3)7-13/h7,10,12,14H,4-6,8-9H2,1-3H3. The SMILES string of the molecule is CC(=CCl)CN1CCNCC1CC(C)C. The molecule has 0 spiro atoms. The highest BCUT2D eigenvalue weighted by Crippen LogP contribution is 2.15. The lowest BCUT2D eigenvalue weighted by Gasteiger charge is -2.37. The third-order valence-electron chi connectivity index (χ3n) is 2.85. The molecule has 1 fully saturated rings. The van der Waals surface area contributed by atoms with E-state index in [0.29, 0.717) is 6.04 Å². The van der Waals surface area contributed by atoms with Crippen LogP contribution in [0.3, 0.4) is 0 Å². The Bertz CT molecular complexity index is 214. The third-order valence-corrected chi connectivity index (χ3v) is 3.23. The minimum Gasteiger partial charge on any atom is -0.314 e. The number of nitrogens with one attached hydrogen (secondary N) is 1. The van der Waals surface area contributed by atoms with Crippen LogP contribution in [0.25, 0.3) is 0 Å². The monoisotopic (exact) mass is 230 g/mol. The van der Waals surface area contributed by atoms with Gasteiger partial charge < -0.3 is 5.32 Å². The van der Waals surface area contributed by atoms with E-state index in [0.717, 1.165) is 32.1 Å². The van der Waals surface area contributed by atoms with E-state index in [1.54, 1.807) is 5.54 Å². The molecule has 1 unspecified atom stereocenters. The highest BCUT2D eigenvalue weighted by Gasteiger charge is 2.22. The minimum absolute atomic E-state index is 0.672. The van der Waals surface area contributed by atoms with Crippen LogP contribution in [0.5, 0.6) is 0 Å². The maximum Gasteiger partial charge on any atom is 0.0227 e. The molecule has 0 aliphatic carbocycles. The summed E-state index contributed by atoms with van der Waals surface area (Å²) in [6.45, 7) is 11.1. The van der Waals surface area contributed by atoms with Crippen LogP contribution in [0.15, 0.2) is 11.1 Å². The Morgan fingerprint density at radius 2 is 2.33 bits per heavy atom. The molecule has 0 amide bonds. The summed E-state index contributed by atoms with van der Waals surface area (Å²) < 4.78 is 0. The average molecular weight is 231 g/mol. The van der Waals surface area contributed by atoms with Crippen LogP contribution >= 0.6 is 11.6 Å². The van der Waals surface area contributed by atoms with Crippen LogP contribution in [-0.2, 0) is 0 Å². The molecule has 1 heterocycles. The fraction of sp³-hybridized carbons (Fsp3) is 0.833. The zero-order chi connectivity index (χ0) is 11.3. The zero-order valence-corrected chi connectivity index (χ0v) is 10.8. The second-order valence-electron chi connectivity index (χ2n) is 4.91. The van der Waals surface area contributed by atoms with Crippen molar-refractivity contribution in [1.29, 1.82) is 0 Å². The van der Waals surface area contributed by atoms with E-state index in [1.165, 1.54) is 12.0 Å². The number of halogens is 1. The molecule has 1 N–H and O–H groups in total. The fourth-order valence-electron chi connectivity index (χ4n) is 2.14. The highest BCUT2D eigenvalue weighted by molar-refractivity contribution is 6.25. The largest absolute Gasteiger partial charge is 0.314 e. The Balaban J connectivity index is 2.49. The maximum atomic E-state index is 5.72. The Labute approximate surface area is 98.7 Å². The van der Waals surface area contributed by atoms with Crippen molar-refractivity contribution in [3.63, 3.8) is 0 Å². The van der Waals surface area contributed by atoms with Crippen molar-refractivity contribution < 1.29 is 0 Å². The Hall–Kier alpha value is -0.0500. The lowest BCUT2D eigenvalue weighted by Crippen LogP contribution is -2.52. The first kappa shape index (κ1) is 13.0. The van der Waals surface area contributed by atoms with Gasteiger partial charge in [-0.05, 0) is 24.8 Å². The summed E-state index contributed by atoms with van der Waals surface area (Å²) in [5.74, 6) is 0.762. The molecule has 1 rings (SSSR count). The molecule has 1 aliphatic rings. The Morgan fingerprint density at radius 1 is 1.60 bits per heavy atom. The molecule has 0 aromatic carbocycles. The van der Waals surface area contributed by atoms with E-state index in [2.05, 4.69) is 31.0 Å². The van der Waals surface area contributed by atoms with Gasteiger partial charge in [-0.25, -0.2) is 0 Å². The summed E-state index contributed by atoms with van der Waals surface area (Å²) >= 11 is 5.72. The molecule has 1 atom stereocenters. The van der Waals surface area contributed by atoms with Crippen molar-refractivity contribution in [2.45, 2.75) is 33.2 Å². The molecule has 0 saturated carbocycles. The zero-order valence-electron chi connectivity index (χ0n) is 10.1. The van der Waals surface area contributed by atoms with Gasteiger partial charge in [0.15, 0.2) is 0 Å². The van der Waals surface area contributed by atoms with E-state index in [4.69, 9.17) is 11.6 Å². The molecule has 0 bridgehead atoms. The Morgan fingerprint density at radius 3 is 2.93 bits per heavy atom. The van der Waals surface area contributed by atoms with Gasteiger partial charge in [-0.3, -0.25) is 4.90 Å². The molecule has 88 valence electrons. The molecular formula is C12H23ClN2. The average Bonchev–Trinajstić information content (AvgIpc) is 2.20. The second kappa shape index (κ2) is 6.51. The third kappa shape index (κ3) is 4.54. The Kier molecular flexibility index (Phi) is 5.65. The van der Waals surface area contributed by atoms with Gasteiger partial charge >= 0.3 is 0 Å². The van der Waals surface area contributed by atoms with E-state index in [9.17, 15) is 0 Å². The van der Waals surface area contributed by atoms with Crippen molar-refractivity contribution in [2.75, 3.05) is 26.2 Å². The molecular weight excluding hydrogens is 208 g/mol. The lowest BCUT2D eigenvalue weighted by atomic mass is 10.0. The lowest BCUT2D eigenvalue weighted by molar-refractivity contribution is 0.154. The summed E-state index contributed by atoms with van der Waals surface area (Å²) in [6, 6.07) is 0.672. The predicted molar refractivity (Wildman–Crippen MR) is 67.3 cm³/mol. The van der Waals surface area contributed by atoms with Crippen molar-refractivity contribution in [2.24, 2.45) is 5.92 Å². The summed E-state index contributed by atoms with van der Waals surface area (Å²) in [5.41, 5.74) is 2.96. The summed E-state index contributed by atoms with van der Waals surface area (Å²) in [6.07, 6.45) is 1.27. The molecule has 3 heteroatoms. The normalized spacial score (nSPS) is 24.9. The summed E-state index contributed by atoms with van der Waals surface area (Å²) in [4.78, 5) is 2.55. The summed E-state index contributed by atoms with van der Waals surface area (Å²) in [7, 11) is 0. The van der Waals surface area contributed by atoms with Crippen molar-refractivity contribution in [3.05, 3.63) is 11.1 Å². The van der Waals surface area contributed by atoms with Gasteiger partial charge in [-0.15, -0.1) is 0 Å². The quantitative estimate of drug-likeness (QED) is 0.798. The van der Waals surface area contributed by atoms with Crippen LogP contribution in [0.2, 0.25) is 0 Å². The van der Waals surface area contributed by atoms with Gasteiger partial charge in [-0.1, -0.05) is 25.4 Å². The topological polar surface area (TPSA) is 15.3 Å². The van der Waals surface area contributed by atoms with Crippen molar-refractivity contribution in [1.82, 2.24) is 10.2 Å². The van der Waals surface area contributed by atoms with Crippen molar-refractivity contribution in [3.8, 4) is 0 Å². The molecule has 15 heavy (non-hydrogen) atoms. The van der Waals surface area contributed by atoms with E-state index in [1.807, 2.05) is 0 Å². The van der Waals surface area contributed by atoms with Gasteiger partial charge in [0.25, 0.3) is 0 Å². The van der Waals surface area contributed by atoms with Gasteiger partial charge in [0.05, 0.1) is 0 Å². The number of hydrogen-bond acceptors (Lipinski definition) is 2. The number of nitrogens with zero attached hydrogens (tertiary/aromatic N) is 1. The predicted octanol–water partition coefficient (Wildman–Crippen LogP) is 2.45. The molecule has 0 aromatic heterocycles. The first-order chi connectivity index (χ1) is 7.13. The van der Waals surface area contributed by atoms with Gasteiger partial charge in [-0.2, -0.15) is 0 Å². The van der Waals surface area contributed by atoms with E-state index in [-0.39, 0.29) is 0 Å². The van der Waals surface area contributed by atoms with Crippen LogP contribution in [0, 0.1) is 5.92 Å². The molecule has 0 radical (unpaired) electrons. The first-order valence-electron chi connectivity index (χ1n) is 5.84. The maximum absolute atomic E-state index is 5.72. The van der Waals surface area contributed by atoms with Gasteiger partial charge in [0, 0.05) is 37.8 Å². The number of piperazine rings is 1. The smallest absolute Gasteiger partial charge is 0.0227 e. The van der Waals surface area contributed by atoms with E-state index < -0.39 is 0 Å². The van der Waals surface area contributed by atoms with Crippen molar-refractivity contribution >= 4 is 11.6 Å². The van der Waals surface area contributed by atoms with Gasteiger partial charge in [0.1, 0.15) is 0 Å². The summed E-state index contributed by atoms with van der Waals surface area (Å²) in [5, 5.41) is 3.47. The number of hydrogen-bond donors (Lipinski definition) is 1. The van der Waals surface area contributed by atoms with E-state index >= 15 is 0 Å². The molecule has 1 aliphatic heterocycles. The fourth-order valence-corrected chi connectivity index (χ4v) is 2.21. The van der Waals surface area contributed by atoms with Crippen LogP contribution in [0.4, 0.5) is 0 Å². The van der Waals surface area contributed by atoms with Crippen LogP contribution in [-0.4, -0.2) is 37.1 Å². The first-order valence-corrected chi connectivity index (χ1v) is 6.27.